The van der Waals surface area contributed by atoms with E-state index in [2.05, 4.69) is 36.6 Å². The minimum atomic E-state index is 0.143. The van der Waals surface area contributed by atoms with Crippen LogP contribution in [0.1, 0.15) is 20.3 Å². The molecule has 0 saturated heterocycles. The van der Waals surface area contributed by atoms with Gasteiger partial charge in [-0.25, -0.2) is 0 Å². The molecule has 2 nitrogen and oxygen atoms in total. The maximum atomic E-state index is 3.31. The average molecular weight is 166 g/mol. The summed E-state index contributed by atoms with van der Waals surface area (Å²) in [5.41, 5.74) is 2.81. The topological polar surface area (TPSA) is 24.1 Å². The van der Waals surface area contributed by atoms with Gasteiger partial charge in [0.1, 0.15) is 0 Å². The smallest absolute Gasteiger partial charge is 0.0375 e. The molecule has 68 valence electrons. The molecule has 1 atom stereocenters. The van der Waals surface area contributed by atoms with E-state index in [1.807, 2.05) is 14.1 Å². The number of allylic oxidation sites excluding steroid dienone is 1. The average Bonchev–Trinajstić information content (AvgIpc) is 2.05. The normalized spacial score (nSPS) is 29.3. The van der Waals surface area contributed by atoms with Gasteiger partial charge >= 0.3 is 0 Å². The molecular weight excluding hydrogens is 148 g/mol. The zero-order valence-corrected chi connectivity index (χ0v) is 8.36. The summed E-state index contributed by atoms with van der Waals surface area (Å²) >= 11 is 0. The molecule has 0 saturated carbocycles. The fraction of sp³-hybridized carbons (Fsp3) is 0.600. The molecule has 1 aliphatic carbocycles. The highest BCUT2D eigenvalue weighted by molar-refractivity contribution is 5.32. The molecule has 1 unspecified atom stereocenters. The Hall–Kier alpha value is -0.760. The number of hydrogen-bond acceptors (Lipinski definition) is 2. The Bertz CT molecular complexity index is 228. The van der Waals surface area contributed by atoms with Gasteiger partial charge in [-0.1, -0.05) is 6.08 Å². The Morgan fingerprint density at radius 3 is 2.50 bits per heavy atom. The van der Waals surface area contributed by atoms with Gasteiger partial charge in [-0.15, -0.1) is 0 Å². The van der Waals surface area contributed by atoms with Crippen LogP contribution in [-0.2, 0) is 0 Å². The second-order valence-corrected chi connectivity index (χ2v) is 3.62. The highest BCUT2D eigenvalue weighted by atomic mass is 14.9. The van der Waals surface area contributed by atoms with Gasteiger partial charge in [0.2, 0.25) is 0 Å². The summed E-state index contributed by atoms with van der Waals surface area (Å²) in [6, 6.07) is 0. The summed E-state index contributed by atoms with van der Waals surface area (Å²) in [7, 11) is 3.97. The first-order valence-electron chi connectivity index (χ1n) is 4.37. The van der Waals surface area contributed by atoms with Crippen molar-refractivity contribution in [2.75, 3.05) is 14.1 Å². The van der Waals surface area contributed by atoms with E-state index in [9.17, 15) is 0 Å². The van der Waals surface area contributed by atoms with Crippen molar-refractivity contribution in [1.29, 1.82) is 0 Å². The molecule has 0 fully saturated rings. The fourth-order valence-electron chi connectivity index (χ4n) is 1.58. The molecule has 0 aliphatic heterocycles. The molecule has 0 spiro atoms. The third-order valence-corrected chi connectivity index (χ3v) is 2.55. The van der Waals surface area contributed by atoms with Crippen molar-refractivity contribution in [2.45, 2.75) is 25.8 Å². The van der Waals surface area contributed by atoms with Crippen molar-refractivity contribution < 1.29 is 0 Å². The standard InChI is InChI=1S/C10H18N2/c1-8-7-10(2,12-4)6-5-9(8)11-3/h5-6,11-12H,7H2,1-4H3. The number of nitrogens with one attached hydrogen (secondary N) is 2. The van der Waals surface area contributed by atoms with Crippen molar-refractivity contribution in [2.24, 2.45) is 0 Å². The first-order chi connectivity index (χ1) is 5.61. The minimum Gasteiger partial charge on any atom is -0.388 e. The van der Waals surface area contributed by atoms with Gasteiger partial charge in [0.25, 0.3) is 0 Å². The van der Waals surface area contributed by atoms with E-state index in [0.717, 1.165) is 6.42 Å². The van der Waals surface area contributed by atoms with Crippen LogP contribution >= 0.6 is 0 Å². The molecule has 0 aromatic heterocycles. The van der Waals surface area contributed by atoms with Crippen molar-refractivity contribution in [3.8, 4) is 0 Å². The van der Waals surface area contributed by atoms with E-state index in [1.165, 1.54) is 11.3 Å². The quantitative estimate of drug-likeness (QED) is 0.648. The minimum absolute atomic E-state index is 0.143. The molecule has 1 aliphatic rings. The molecule has 2 N–H and O–H groups in total. The van der Waals surface area contributed by atoms with Crippen molar-refractivity contribution in [3.05, 3.63) is 23.4 Å². The monoisotopic (exact) mass is 166 g/mol. The fourth-order valence-corrected chi connectivity index (χ4v) is 1.58. The molecule has 0 aromatic rings. The van der Waals surface area contributed by atoms with Crippen LogP contribution in [0, 0.1) is 0 Å². The summed E-state index contributed by atoms with van der Waals surface area (Å²) in [5, 5.41) is 6.49. The lowest BCUT2D eigenvalue weighted by Gasteiger charge is -2.30. The van der Waals surface area contributed by atoms with Crippen LogP contribution in [0.15, 0.2) is 23.4 Å². The zero-order chi connectivity index (χ0) is 9.19. The van der Waals surface area contributed by atoms with E-state index >= 15 is 0 Å². The lowest BCUT2D eigenvalue weighted by molar-refractivity contribution is 0.466. The van der Waals surface area contributed by atoms with Crippen LogP contribution in [0.3, 0.4) is 0 Å². The molecule has 0 heterocycles. The summed E-state index contributed by atoms with van der Waals surface area (Å²) in [4.78, 5) is 0. The third kappa shape index (κ3) is 1.69. The Morgan fingerprint density at radius 1 is 1.42 bits per heavy atom. The lowest BCUT2D eigenvalue weighted by atomic mass is 9.88. The summed E-state index contributed by atoms with van der Waals surface area (Å²) in [6.45, 7) is 4.38. The Kier molecular flexibility index (Phi) is 2.58. The van der Waals surface area contributed by atoms with Crippen LogP contribution in [0.4, 0.5) is 0 Å². The second-order valence-electron chi connectivity index (χ2n) is 3.62. The van der Waals surface area contributed by atoms with Crippen LogP contribution in [0.5, 0.6) is 0 Å². The Morgan fingerprint density at radius 2 is 2.08 bits per heavy atom. The van der Waals surface area contributed by atoms with Gasteiger partial charge in [-0.2, -0.15) is 0 Å². The summed E-state index contributed by atoms with van der Waals surface area (Å²) in [6.07, 6.45) is 5.44. The van der Waals surface area contributed by atoms with E-state index < -0.39 is 0 Å². The molecule has 0 aromatic carbocycles. The summed E-state index contributed by atoms with van der Waals surface area (Å²) < 4.78 is 0. The van der Waals surface area contributed by atoms with Crippen LogP contribution in [0.25, 0.3) is 0 Å². The number of hydrogen-bond donors (Lipinski definition) is 2. The van der Waals surface area contributed by atoms with Crippen molar-refractivity contribution in [3.63, 3.8) is 0 Å². The van der Waals surface area contributed by atoms with Crippen LogP contribution < -0.4 is 10.6 Å². The van der Waals surface area contributed by atoms with Crippen LogP contribution in [0.2, 0.25) is 0 Å². The zero-order valence-electron chi connectivity index (χ0n) is 8.36. The third-order valence-electron chi connectivity index (χ3n) is 2.55. The molecule has 0 bridgehead atoms. The van der Waals surface area contributed by atoms with Gasteiger partial charge in [0.15, 0.2) is 0 Å². The predicted molar refractivity (Wildman–Crippen MR) is 53.0 cm³/mol. The molecule has 0 amide bonds. The lowest BCUT2D eigenvalue weighted by Crippen LogP contribution is -2.39. The SMILES string of the molecule is CNC1=C(C)CC(C)(NC)C=C1. The van der Waals surface area contributed by atoms with Crippen molar-refractivity contribution in [1.82, 2.24) is 10.6 Å². The highest BCUT2D eigenvalue weighted by Gasteiger charge is 2.22. The van der Waals surface area contributed by atoms with E-state index in [1.54, 1.807) is 0 Å². The molecule has 0 radical (unpaired) electrons. The number of likely N-dealkylation sites (N-methyl/N-ethyl adjacent to an activating group) is 2. The molecular formula is C10H18N2. The van der Waals surface area contributed by atoms with E-state index in [4.69, 9.17) is 0 Å². The first-order valence-corrected chi connectivity index (χ1v) is 4.37. The van der Waals surface area contributed by atoms with Gasteiger partial charge in [0, 0.05) is 18.3 Å². The molecule has 1 rings (SSSR count). The van der Waals surface area contributed by atoms with Gasteiger partial charge in [0.05, 0.1) is 0 Å². The Balaban J connectivity index is 2.81. The molecule has 12 heavy (non-hydrogen) atoms. The van der Waals surface area contributed by atoms with Crippen molar-refractivity contribution >= 4 is 0 Å². The maximum absolute atomic E-state index is 3.31. The predicted octanol–water partition coefficient (Wildman–Crippen LogP) is 1.42. The van der Waals surface area contributed by atoms with E-state index in [0.29, 0.717) is 0 Å². The highest BCUT2D eigenvalue weighted by Crippen LogP contribution is 2.24. The van der Waals surface area contributed by atoms with Gasteiger partial charge < -0.3 is 10.6 Å². The van der Waals surface area contributed by atoms with E-state index in [-0.39, 0.29) is 5.54 Å². The second kappa shape index (κ2) is 3.31. The van der Waals surface area contributed by atoms with Gasteiger partial charge in [-0.3, -0.25) is 0 Å². The number of rotatable bonds is 2. The largest absolute Gasteiger partial charge is 0.388 e. The maximum Gasteiger partial charge on any atom is 0.0375 e. The van der Waals surface area contributed by atoms with Crippen LogP contribution in [-0.4, -0.2) is 19.6 Å². The Labute approximate surface area is 74.7 Å². The first kappa shape index (κ1) is 9.33. The molecule has 2 heteroatoms. The summed E-state index contributed by atoms with van der Waals surface area (Å²) in [5.74, 6) is 0. The van der Waals surface area contributed by atoms with Gasteiger partial charge in [-0.05, 0) is 39.0 Å².